The Bertz CT molecular complexity index is 464. The number of piperazine rings is 1. The lowest BCUT2D eigenvalue weighted by Gasteiger charge is -2.27. The van der Waals surface area contributed by atoms with Crippen LogP contribution in [0.4, 0.5) is 0 Å². The maximum Gasteiger partial charge on any atom is 0.224 e. The van der Waals surface area contributed by atoms with Crippen molar-refractivity contribution in [1.82, 2.24) is 15.5 Å². The number of hydrogen-bond acceptors (Lipinski definition) is 3. The Morgan fingerprint density at radius 2 is 1.83 bits per heavy atom. The van der Waals surface area contributed by atoms with Crippen molar-refractivity contribution in [3.05, 3.63) is 35.4 Å². The highest BCUT2D eigenvalue weighted by Crippen LogP contribution is 2.10. The van der Waals surface area contributed by atoms with Gasteiger partial charge in [0.2, 0.25) is 5.91 Å². The van der Waals surface area contributed by atoms with Crippen molar-refractivity contribution in [1.29, 1.82) is 0 Å². The van der Waals surface area contributed by atoms with Crippen LogP contribution in [-0.4, -0.2) is 50.1 Å². The number of hydrogen-bond donors (Lipinski definition) is 2. The first-order chi connectivity index (χ1) is 11.1. The molecular formula is C19H31N3O. The minimum Gasteiger partial charge on any atom is -0.356 e. The molecule has 4 nitrogen and oxygen atoms in total. The van der Waals surface area contributed by atoms with E-state index in [0.29, 0.717) is 12.3 Å². The zero-order valence-corrected chi connectivity index (χ0v) is 14.6. The van der Waals surface area contributed by atoms with Crippen LogP contribution < -0.4 is 10.6 Å². The molecule has 2 N–H and O–H groups in total. The standard InChI is InChI=1S/C19H31N3O/c1-16(2)14-17-4-6-18(7-5-17)15-19(23)21-8-3-11-22-12-9-20-10-13-22/h4-7,16,20H,3,8-15H2,1-2H3,(H,21,23). The maximum atomic E-state index is 12.0. The van der Waals surface area contributed by atoms with Gasteiger partial charge in [0.1, 0.15) is 0 Å². The topological polar surface area (TPSA) is 44.4 Å². The van der Waals surface area contributed by atoms with Gasteiger partial charge in [-0.15, -0.1) is 0 Å². The first-order valence-electron chi connectivity index (χ1n) is 8.91. The summed E-state index contributed by atoms with van der Waals surface area (Å²) in [5, 5.41) is 6.39. The van der Waals surface area contributed by atoms with Crippen molar-refractivity contribution >= 4 is 5.91 Å². The van der Waals surface area contributed by atoms with Gasteiger partial charge in [0.15, 0.2) is 0 Å². The fourth-order valence-corrected chi connectivity index (χ4v) is 2.98. The highest BCUT2D eigenvalue weighted by molar-refractivity contribution is 5.78. The smallest absolute Gasteiger partial charge is 0.224 e. The van der Waals surface area contributed by atoms with Gasteiger partial charge in [-0.2, -0.15) is 0 Å². The third-order valence-electron chi connectivity index (χ3n) is 4.21. The Hall–Kier alpha value is -1.39. The van der Waals surface area contributed by atoms with Gasteiger partial charge in [0.25, 0.3) is 0 Å². The average molecular weight is 317 g/mol. The van der Waals surface area contributed by atoms with Gasteiger partial charge in [-0.1, -0.05) is 38.1 Å². The molecule has 1 fully saturated rings. The molecule has 1 aliphatic rings. The summed E-state index contributed by atoms with van der Waals surface area (Å²) in [6.45, 7) is 10.7. The summed E-state index contributed by atoms with van der Waals surface area (Å²) in [7, 11) is 0. The molecule has 0 unspecified atom stereocenters. The number of rotatable bonds is 8. The van der Waals surface area contributed by atoms with E-state index >= 15 is 0 Å². The molecule has 1 aliphatic heterocycles. The molecule has 1 aromatic rings. The number of carbonyl (C=O) groups excluding carboxylic acids is 1. The fourth-order valence-electron chi connectivity index (χ4n) is 2.98. The highest BCUT2D eigenvalue weighted by Gasteiger charge is 2.09. The van der Waals surface area contributed by atoms with Crippen molar-refractivity contribution in [2.75, 3.05) is 39.3 Å². The zero-order valence-electron chi connectivity index (χ0n) is 14.6. The lowest BCUT2D eigenvalue weighted by atomic mass is 10.0. The molecule has 128 valence electrons. The Balaban J connectivity index is 1.62. The van der Waals surface area contributed by atoms with Crippen LogP contribution in [0.1, 0.15) is 31.4 Å². The Labute approximate surface area is 140 Å². The largest absolute Gasteiger partial charge is 0.356 e. The lowest BCUT2D eigenvalue weighted by Crippen LogP contribution is -2.44. The molecule has 0 saturated carbocycles. The van der Waals surface area contributed by atoms with E-state index in [-0.39, 0.29) is 5.91 Å². The molecule has 1 heterocycles. The van der Waals surface area contributed by atoms with E-state index in [2.05, 4.69) is 53.6 Å². The molecular weight excluding hydrogens is 286 g/mol. The molecule has 0 spiro atoms. The lowest BCUT2D eigenvalue weighted by molar-refractivity contribution is -0.120. The number of amides is 1. The fraction of sp³-hybridized carbons (Fsp3) is 0.632. The predicted octanol–water partition coefficient (Wildman–Crippen LogP) is 1.84. The van der Waals surface area contributed by atoms with E-state index in [1.54, 1.807) is 0 Å². The minimum atomic E-state index is 0.127. The van der Waals surface area contributed by atoms with E-state index in [4.69, 9.17) is 0 Å². The highest BCUT2D eigenvalue weighted by atomic mass is 16.1. The summed E-state index contributed by atoms with van der Waals surface area (Å²) in [5.74, 6) is 0.793. The number of nitrogens with zero attached hydrogens (tertiary/aromatic N) is 1. The third kappa shape index (κ3) is 7.14. The van der Waals surface area contributed by atoms with Crippen LogP contribution in [0.3, 0.4) is 0 Å². The number of nitrogens with one attached hydrogen (secondary N) is 2. The van der Waals surface area contributed by atoms with Crippen LogP contribution in [0.15, 0.2) is 24.3 Å². The van der Waals surface area contributed by atoms with Crippen LogP contribution in [0, 0.1) is 5.92 Å². The van der Waals surface area contributed by atoms with Gasteiger partial charge in [-0.05, 0) is 36.4 Å². The zero-order chi connectivity index (χ0) is 16.5. The first-order valence-corrected chi connectivity index (χ1v) is 8.91. The summed E-state index contributed by atoms with van der Waals surface area (Å²) in [6.07, 6.45) is 2.60. The van der Waals surface area contributed by atoms with Crippen LogP contribution in [0.2, 0.25) is 0 Å². The van der Waals surface area contributed by atoms with Crippen LogP contribution in [-0.2, 0) is 17.6 Å². The third-order valence-corrected chi connectivity index (χ3v) is 4.21. The van der Waals surface area contributed by atoms with Gasteiger partial charge in [-0.25, -0.2) is 0 Å². The Kier molecular flexibility index (Phi) is 7.56. The van der Waals surface area contributed by atoms with Crippen molar-refractivity contribution in [2.24, 2.45) is 5.92 Å². The summed E-state index contributed by atoms with van der Waals surface area (Å²) >= 11 is 0. The second kappa shape index (κ2) is 9.68. The van der Waals surface area contributed by atoms with Crippen molar-refractivity contribution < 1.29 is 4.79 Å². The predicted molar refractivity (Wildman–Crippen MR) is 95.6 cm³/mol. The first kappa shape index (κ1) is 18.0. The molecule has 0 aromatic heterocycles. The molecule has 1 saturated heterocycles. The summed E-state index contributed by atoms with van der Waals surface area (Å²) in [6, 6.07) is 8.45. The van der Waals surface area contributed by atoms with Gasteiger partial charge in [0, 0.05) is 32.7 Å². The molecule has 0 radical (unpaired) electrons. The van der Waals surface area contributed by atoms with E-state index in [1.807, 2.05) is 0 Å². The van der Waals surface area contributed by atoms with Gasteiger partial charge < -0.3 is 15.5 Å². The van der Waals surface area contributed by atoms with Crippen molar-refractivity contribution in [2.45, 2.75) is 33.1 Å². The van der Waals surface area contributed by atoms with E-state index in [0.717, 1.165) is 57.7 Å². The van der Waals surface area contributed by atoms with E-state index in [9.17, 15) is 4.79 Å². The molecule has 2 rings (SSSR count). The molecule has 1 amide bonds. The number of carbonyl (C=O) groups is 1. The molecule has 0 bridgehead atoms. The van der Waals surface area contributed by atoms with Crippen molar-refractivity contribution in [3.8, 4) is 0 Å². The summed E-state index contributed by atoms with van der Waals surface area (Å²) in [4.78, 5) is 14.4. The molecule has 0 aliphatic carbocycles. The second-order valence-corrected chi connectivity index (χ2v) is 6.89. The molecule has 4 heteroatoms. The SMILES string of the molecule is CC(C)Cc1ccc(CC(=O)NCCCN2CCNCC2)cc1. The average Bonchev–Trinajstić information content (AvgIpc) is 2.54. The van der Waals surface area contributed by atoms with Crippen LogP contribution >= 0.6 is 0 Å². The monoisotopic (exact) mass is 317 g/mol. The summed E-state index contributed by atoms with van der Waals surface area (Å²) < 4.78 is 0. The minimum absolute atomic E-state index is 0.127. The number of benzene rings is 1. The van der Waals surface area contributed by atoms with Crippen molar-refractivity contribution in [3.63, 3.8) is 0 Å². The Morgan fingerprint density at radius 3 is 2.48 bits per heavy atom. The second-order valence-electron chi connectivity index (χ2n) is 6.89. The van der Waals surface area contributed by atoms with Gasteiger partial charge >= 0.3 is 0 Å². The van der Waals surface area contributed by atoms with Crippen LogP contribution in [0.5, 0.6) is 0 Å². The van der Waals surface area contributed by atoms with Gasteiger partial charge in [0.05, 0.1) is 6.42 Å². The maximum absolute atomic E-state index is 12.0. The van der Waals surface area contributed by atoms with Crippen LogP contribution in [0.25, 0.3) is 0 Å². The molecule has 23 heavy (non-hydrogen) atoms. The Morgan fingerprint density at radius 1 is 1.17 bits per heavy atom. The molecule has 1 aromatic carbocycles. The van der Waals surface area contributed by atoms with Gasteiger partial charge in [-0.3, -0.25) is 4.79 Å². The normalized spacial score (nSPS) is 15.8. The van der Waals surface area contributed by atoms with E-state index in [1.165, 1.54) is 5.56 Å². The summed E-state index contributed by atoms with van der Waals surface area (Å²) in [5.41, 5.74) is 2.44. The molecule has 0 atom stereocenters. The van der Waals surface area contributed by atoms with E-state index < -0.39 is 0 Å². The quantitative estimate of drug-likeness (QED) is 0.719.